The maximum Gasteiger partial charge on any atom is 0.257 e. The van der Waals surface area contributed by atoms with E-state index in [9.17, 15) is 9.59 Å². The maximum atomic E-state index is 12.5. The second kappa shape index (κ2) is 12.9. The largest absolute Gasteiger partial charge is 0.491 e. The van der Waals surface area contributed by atoms with Crippen LogP contribution in [0, 0.1) is 5.92 Å². The molecule has 7 nitrogen and oxygen atoms in total. The lowest BCUT2D eigenvalue weighted by molar-refractivity contribution is -0.120. The van der Waals surface area contributed by atoms with Gasteiger partial charge in [-0.25, -0.2) is 0 Å². The van der Waals surface area contributed by atoms with Gasteiger partial charge in [0.05, 0.1) is 6.61 Å². The van der Waals surface area contributed by atoms with Crippen LogP contribution in [0.25, 0.3) is 0 Å². The fourth-order valence-electron chi connectivity index (χ4n) is 3.69. The number of benzene rings is 2. The van der Waals surface area contributed by atoms with Gasteiger partial charge < -0.3 is 20.1 Å². The second-order valence-corrected chi connectivity index (χ2v) is 8.29. The van der Waals surface area contributed by atoms with Gasteiger partial charge in [-0.3, -0.25) is 14.9 Å². The highest BCUT2D eigenvalue weighted by atomic mass is 32.1. The standard InChI is InChI=1S/C25H31N3O4S/c1-2-31-15-16-32-22-13-11-19(12-14-22)24(30)28-25(33)27-21-10-6-9-20(17-21)26-23(29)18-7-4-3-5-8-18/h6,9-14,17-18H,2-5,7-8,15-16H2,1H3,(H,26,29)(H2,27,28,30,33). The Hall–Kier alpha value is -2.97. The molecule has 0 radical (unpaired) electrons. The molecule has 2 amide bonds. The van der Waals surface area contributed by atoms with Crippen molar-refractivity contribution in [1.82, 2.24) is 5.32 Å². The molecule has 0 bridgehead atoms. The van der Waals surface area contributed by atoms with Crippen molar-refractivity contribution in [2.24, 2.45) is 5.92 Å². The third-order valence-corrected chi connectivity index (χ3v) is 5.61. The van der Waals surface area contributed by atoms with Crippen molar-refractivity contribution in [2.45, 2.75) is 39.0 Å². The van der Waals surface area contributed by atoms with Crippen molar-refractivity contribution in [2.75, 3.05) is 30.5 Å². The topological polar surface area (TPSA) is 88.7 Å². The summed E-state index contributed by atoms with van der Waals surface area (Å²) in [5.74, 6) is 0.486. The minimum absolute atomic E-state index is 0.0630. The summed E-state index contributed by atoms with van der Waals surface area (Å²) in [6.45, 7) is 3.55. The van der Waals surface area contributed by atoms with Crippen LogP contribution in [0.3, 0.4) is 0 Å². The van der Waals surface area contributed by atoms with Crippen LogP contribution >= 0.6 is 12.2 Å². The van der Waals surface area contributed by atoms with E-state index in [2.05, 4.69) is 16.0 Å². The molecule has 33 heavy (non-hydrogen) atoms. The zero-order valence-corrected chi connectivity index (χ0v) is 19.7. The molecule has 2 aromatic rings. The maximum absolute atomic E-state index is 12.5. The third kappa shape index (κ3) is 8.14. The summed E-state index contributed by atoms with van der Waals surface area (Å²) in [4.78, 5) is 25.0. The molecule has 0 heterocycles. The van der Waals surface area contributed by atoms with E-state index >= 15 is 0 Å². The zero-order chi connectivity index (χ0) is 23.5. The summed E-state index contributed by atoms with van der Waals surface area (Å²) in [6, 6.07) is 14.1. The first-order valence-electron chi connectivity index (χ1n) is 11.4. The number of thiocarbonyl (C=S) groups is 1. The van der Waals surface area contributed by atoms with Crippen molar-refractivity contribution in [3.05, 3.63) is 54.1 Å². The van der Waals surface area contributed by atoms with E-state index in [-0.39, 0.29) is 22.8 Å². The number of carbonyl (C=O) groups is 2. The lowest BCUT2D eigenvalue weighted by Gasteiger charge is -2.21. The first kappa shape index (κ1) is 24.7. The lowest BCUT2D eigenvalue weighted by atomic mass is 9.88. The summed E-state index contributed by atoms with van der Waals surface area (Å²) >= 11 is 5.28. The van der Waals surface area contributed by atoms with E-state index < -0.39 is 0 Å². The molecule has 1 aliphatic carbocycles. The van der Waals surface area contributed by atoms with Gasteiger partial charge in [0.25, 0.3) is 5.91 Å². The molecule has 3 N–H and O–H groups in total. The Morgan fingerprint density at radius 2 is 1.67 bits per heavy atom. The predicted octanol–water partition coefficient (Wildman–Crippen LogP) is 4.75. The third-order valence-electron chi connectivity index (χ3n) is 5.41. The molecule has 1 fully saturated rings. The van der Waals surface area contributed by atoms with Crippen LogP contribution in [0.5, 0.6) is 5.75 Å². The molecule has 176 valence electrons. The monoisotopic (exact) mass is 469 g/mol. The fourth-order valence-corrected chi connectivity index (χ4v) is 3.90. The molecule has 8 heteroatoms. The summed E-state index contributed by atoms with van der Waals surface area (Å²) in [5.41, 5.74) is 1.84. The average molecular weight is 470 g/mol. The molecule has 0 spiro atoms. The molecule has 0 unspecified atom stereocenters. The molecular weight excluding hydrogens is 438 g/mol. The molecule has 0 aliphatic heterocycles. The highest BCUT2D eigenvalue weighted by molar-refractivity contribution is 7.80. The van der Waals surface area contributed by atoms with E-state index in [1.807, 2.05) is 25.1 Å². The Bertz CT molecular complexity index is 943. The second-order valence-electron chi connectivity index (χ2n) is 7.88. The van der Waals surface area contributed by atoms with E-state index in [4.69, 9.17) is 21.7 Å². The summed E-state index contributed by atoms with van der Waals surface area (Å²) in [7, 11) is 0. The first-order valence-corrected chi connectivity index (χ1v) is 11.8. The van der Waals surface area contributed by atoms with E-state index in [1.165, 1.54) is 6.42 Å². The lowest BCUT2D eigenvalue weighted by Crippen LogP contribution is -2.34. The minimum atomic E-state index is -0.324. The fraction of sp³-hybridized carbons (Fsp3) is 0.400. The van der Waals surface area contributed by atoms with Gasteiger partial charge in [-0.15, -0.1) is 0 Å². The number of rotatable bonds is 9. The van der Waals surface area contributed by atoms with Crippen LogP contribution in [-0.2, 0) is 9.53 Å². The molecule has 0 saturated heterocycles. The minimum Gasteiger partial charge on any atom is -0.491 e. The molecule has 0 aromatic heterocycles. The average Bonchev–Trinajstić information content (AvgIpc) is 2.83. The Morgan fingerprint density at radius 1 is 0.970 bits per heavy atom. The van der Waals surface area contributed by atoms with Gasteiger partial charge in [-0.1, -0.05) is 25.3 Å². The van der Waals surface area contributed by atoms with Crippen molar-refractivity contribution < 1.29 is 19.1 Å². The number of amides is 2. The van der Waals surface area contributed by atoms with E-state index in [0.717, 1.165) is 25.7 Å². The van der Waals surface area contributed by atoms with Crippen molar-refractivity contribution >= 4 is 40.5 Å². The van der Waals surface area contributed by atoms with Crippen LogP contribution in [0.1, 0.15) is 49.4 Å². The zero-order valence-electron chi connectivity index (χ0n) is 18.9. The molecular formula is C25H31N3O4S. The van der Waals surface area contributed by atoms with Crippen molar-refractivity contribution in [1.29, 1.82) is 0 Å². The van der Waals surface area contributed by atoms with Crippen LogP contribution in [0.4, 0.5) is 11.4 Å². The van der Waals surface area contributed by atoms with Gasteiger partial charge in [-0.05, 0) is 74.4 Å². The van der Waals surface area contributed by atoms with Crippen molar-refractivity contribution in [3.63, 3.8) is 0 Å². The first-order chi connectivity index (χ1) is 16.0. The number of anilines is 2. The Balaban J connectivity index is 1.48. The molecule has 2 aromatic carbocycles. The number of hydrogen-bond acceptors (Lipinski definition) is 5. The highest BCUT2D eigenvalue weighted by Gasteiger charge is 2.21. The van der Waals surface area contributed by atoms with Gasteiger partial charge >= 0.3 is 0 Å². The van der Waals surface area contributed by atoms with Crippen LogP contribution < -0.4 is 20.7 Å². The predicted molar refractivity (Wildman–Crippen MR) is 134 cm³/mol. The molecule has 0 atom stereocenters. The highest BCUT2D eigenvalue weighted by Crippen LogP contribution is 2.25. The quantitative estimate of drug-likeness (QED) is 0.363. The van der Waals surface area contributed by atoms with E-state index in [0.29, 0.717) is 42.5 Å². The smallest absolute Gasteiger partial charge is 0.257 e. The van der Waals surface area contributed by atoms with Gasteiger partial charge in [0, 0.05) is 29.5 Å². The van der Waals surface area contributed by atoms with Gasteiger partial charge in [0.2, 0.25) is 5.91 Å². The van der Waals surface area contributed by atoms with Crippen LogP contribution in [0.2, 0.25) is 0 Å². The summed E-state index contributed by atoms with van der Waals surface area (Å²) in [6.07, 6.45) is 5.31. The van der Waals surface area contributed by atoms with Gasteiger partial charge in [-0.2, -0.15) is 0 Å². The van der Waals surface area contributed by atoms with Gasteiger partial charge in [0.15, 0.2) is 5.11 Å². The molecule has 3 rings (SSSR count). The number of nitrogens with one attached hydrogen (secondary N) is 3. The molecule has 1 aliphatic rings. The number of carbonyl (C=O) groups excluding carboxylic acids is 2. The van der Waals surface area contributed by atoms with Crippen molar-refractivity contribution in [3.8, 4) is 5.75 Å². The van der Waals surface area contributed by atoms with Gasteiger partial charge in [0.1, 0.15) is 12.4 Å². The summed E-state index contributed by atoms with van der Waals surface area (Å²) < 4.78 is 10.8. The SMILES string of the molecule is CCOCCOc1ccc(C(=O)NC(=S)Nc2cccc(NC(=O)C3CCCCC3)c2)cc1. The normalized spacial score (nSPS) is 13.7. The number of ether oxygens (including phenoxy) is 2. The summed E-state index contributed by atoms with van der Waals surface area (Å²) in [5, 5.41) is 8.83. The number of hydrogen-bond donors (Lipinski definition) is 3. The Labute approximate surface area is 200 Å². The Kier molecular flexibility index (Phi) is 9.65. The van der Waals surface area contributed by atoms with E-state index in [1.54, 1.807) is 30.3 Å². The molecule has 1 saturated carbocycles. The Morgan fingerprint density at radius 3 is 2.36 bits per heavy atom. The van der Waals surface area contributed by atoms with Crippen LogP contribution in [0.15, 0.2) is 48.5 Å². The van der Waals surface area contributed by atoms with Crippen LogP contribution in [-0.4, -0.2) is 36.7 Å².